The Morgan fingerprint density at radius 2 is 1.86 bits per heavy atom. The SMILES string of the molecule is Cc1ccc(Nc2cc3nc(-c4ccncc4)sc3cn2)nc1CN1CCCC1. The molecule has 1 fully saturated rings. The van der Waals surface area contributed by atoms with Gasteiger partial charge in [-0.2, -0.15) is 0 Å². The predicted octanol–water partition coefficient (Wildman–Crippen LogP) is 4.80. The van der Waals surface area contributed by atoms with Crippen molar-refractivity contribution in [2.24, 2.45) is 0 Å². The third-order valence-electron chi connectivity index (χ3n) is 5.23. The molecule has 0 spiro atoms. The number of aromatic nitrogens is 4. The molecule has 5 heterocycles. The number of hydrogen-bond donors (Lipinski definition) is 1. The van der Waals surface area contributed by atoms with Gasteiger partial charge in [0.15, 0.2) is 0 Å². The molecule has 7 heteroatoms. The molecular formula is C22H22N6S. The second-order valence-electron chi connectivity index (χ2n) is 7.36. The summed E-state index contributed by atoms with van der Waals surface area (Å²) < 4.78 is 1.06. The van der Waals surface area contributed by atoms with Crippen LogP contribution < -0.4 is 5.32 Å². The highest BCUT2D eigenvalue weighted by molar-refractivity contribution is 7.21. The minimum Gasteiger partial charge on any atom is -0.325 e. The first kappa shape index (κ1) is 18.1. The molecule has 0 saturated carbocycles. The molecule has 0 atom stereocenters. The molecule has 0 aromatic carbocycles. The fraction of sp³-hybridized carbons (Fsp3) is 0.273. The van der Waals surface area contributed by atoms with E-state index in [2.05, 4.69) is 33.2 Å². The number of rotatable bonds is 5. The number of nitrogens with zero attached hydrogens (tertiary/aromatic N) is 5. The van der Waals surface area contributed by atoms with Crippen molar-refractivity contribution in [3.63, 3.8) is 0 Å². The summed E-state index contributed by atoms with van der Waals surface area (Å²) >= 11 is 1.64. The molecule has 0 unspecified atom stereocenters. The van der Waals surface area contributed by atoms with Gasteiger partial charge in [0.1, 0.15) is 16.6 Å². The molecule has 1 N–H and O–H groups in total. The van der Waals surface area contributed by atoms with E-state index in [9.17, 15) is 0 Å². The van der Waals surface area contributed by atoms with Crippen molar-refractivity contribution in [3.05, 3.63) is 60.2 Å². The van der Waals surface area contributed by atoms with Gasteiger partial charge in [-0.1, -0.05) is 6.07 Å². The van der Waals surface area contributed by atoms with E-state index in [1.165, 1.54) is 31.5 Å². The van der Waals surface area contributed by atoms with Crippen molar-refractivity contribution in [1.82, 2.24) is 24.8 Å². The van der Waals surface area contributed by atoms with Crippen molar-refractivity contribution in [3.8, 4) is 10.6 Å². The molecule has 146 valence electrons. The molecular weight excluding hydrogens is 380 g/mol. The van der Waals surface area contributed by atoms with E-state index in [4.69, 9.17) is 9.97 Å². The standard InChI is InChI=1S/C22H22N6S/c1-15-4-5-20(25-18(15)14-28-10-2-3-11-28)27-21-12-17-19(13-24-21)29-22(26-17)16-6-8-23-9-7-16/h4-9,12-13H,2-3,10-11,14H2,1H3,(H,24,25,27). The topological polar surface area (TPSA) is 66.8 Å². The number of thiazole rings is 1. The van der Waals surface area contributed by atoms with Gasteiger partial charge in [-0.3, -0.25) is 9.88 Å². The molecule has 0 aliphatic carbocycles. The lowest BCUT2D eigenvalue weighted by atomic mass is 10.2. The largest absolute Gasteiger partial charge is 0.325 e. The summed E-state index contributed by atoms with van der Waals surface area (Å²) in [5, 5.41) is 4.33. The second kappa shape index (κ2) is 7.85. The number of nitrogens with one attached hydrogen (secondary N) is 1. The molecule has 1 saturated heterocycles. The van der Waals surface area contributed by atoms with Crippen LogP contribution in [-0.2, 0) is 6.54 Å². The van der Waals surface area contributed by atoms with Gasteiger partial charge in [-0.15, -0.1) is 11.3 Å². The van der Waals surface area contributed by atoms with Crippen molar-refractivity contribution in [1.29, 1.82) is 0 Å². The maximum Gasteiger partial charge on any atom is 0.133 e. The van der Waals surface area contributed by atoms with Crippen LogP contribution in [0.2, 0.25) is 0 Å². The van der Waals surface area contributed by atoms with E-state index in [0.29, 0.717) is 0 Å². The minimum absolute atomic E-state index is 0.757. The first-order valence-corrected chi connectivity index (χ1v) is 10.7. The number of fused-ring (bicyclic) bond motifs is 1. The Kier molecular flexibility index (Phi) is 4.91. The minimum atomic E-state index is 0.757. The van der Waals surface area contributed by atoms with E-state index in [1.54, 1.807) is 23.7 Å². The van der Waals surface area contributed by atoms with Crippen LogP contribution in [0.15, 0.2) is 48.9 Å². The van der Waals surface area contributed by atoms with E-state index in [1.807, 2.05) is 30.5 Å². The first-order chi connectivity index (χ1) is 14.2. The van der Waals surface area contributed by atoms with E-state index in [-0.39, 0.29) is 0 Å². The monoisotopic (exact) mass is 402 g/mol. The molecule has 0 radical (unpaired) electrons. The summed E-state index contributed by atoms with van der Waals surface area (Å²) in [7, 11) is 0. The van der Waals surface area contributed by atoms with E-state index >= 15 is 0 Å². The summed E-state index contributed by atoms with van der Waals surface area (Å²) in [5.41, 5.74) is 4.37. The van der Waals surface area contributed by atoms with Crippen LogP contribution in [0.25, 0.3) is 20.8 Å². The number of likely N-dealkylation sites (tertiary alicyclic amines) is 1. The van der Waals surface area contributed by atoms with Crippen molar-refractivity contribution < 1.29 is 0 Å². The van der Waals surface area contributed by atoms with Gasteiger partial charge in [0.2, 0.25) is 0 Å². The van der Waals surface area contributed by atoms with Crippen LogP contribution in [0.1, 0.15) is 24.1 Å². The van der Waals surface area contributed by atoms with Gasteiger partial charge in [0, 0.05) is 36.8 Å². The summed E-state index contributed by atoms with van der Waals surface area (Å²) in [4.78, 5) is 20.7. The van der Waals surface area contributed by atoms with E-state index < -0.39 is 0 Å². The normalized spacial score (nSPS) is 14.5. The fourth-order valence-electron chi connectivity index (χ4n) is 3.61. The molecule has 1 aliphatic heterocycles. The summed E-state index contributed by atoms with van der Waals surface area (Å²) in [6.45, 7) is 5.37. The summed E-state index contributed by atoms with van der Waals surface area (Å²) in [6, 6.07) is 10.1. The Hall–Kier alpha value is -2.90. The smallest absolute Gasteiger partial charge is 0.133 e. The highest BCUT2D eigenvalue weighted by Crippen LogP contribution is 2.30. The second-order valence-corrected chi connectivity index (χ2v) is 8.39. The Balaban J connectivity index is 1.38. The Morgan fingerprint density at radius 1 is 1.03 bits per heavy atom. The molecule has 4 aromatic heterocycles. The van der Waals surface area contributed by atoms with Crippen LogP contribution >= 0.6 is 11.3 Å². The Labute approximate surface area is 173 Å². The fourth-order valence-corrected chi connectivity index (χ4v) is 4.53. The van der Waals surface area contributed by atoms with Crippen LogP contribution in [0, 0.1) is 6.92 Å². The maximum atomic E-state index is 4.85. The van der Waals surface area contributed by atoms with Gasteiger partial charge in [-0.25, -0.2) is 15.0 Å². The molecule has 4 aromatic rings. The molecule has 6 nitrogen and oxygen atoms in total. The number of pyridine rings is 3. The lowest BCUT2D eigenvalue weighted by molar-refractivity contribution is 0.326. The Bertz CT molecular complexity index is 1130. The summed E-state index contributed by atoms with van der Waals surface area (Å²) in [6.07, 6.45) is 8.02. The van der Waals surface area contributed by atoms with Gasteiger partial charge in [-0.05, 0) is 56.6 Å². The predicted molar refractivity (Wildman–Crippen MR) is 117 cm³/mol. The molecule has 0 bridgehead atoms. The Morgan fingerprint density at radius 3 is 2.69 bits per heavy atom. The summed E-state index contributed by atoms with van der Waals surface area (Å²) in [5.74, 6) is 1.58. The van der Waals surface area contributed by atoms with Gasteiger partial charge in [0.05, 0.1) is 15.9 Å². The third-order valence-corrected chi connectivity index (χ3v) is 6.29. The lowest BCUT2D eigenvalue weighted by Crippen LogP contribution is -2.20. The van der Waals surface area contributed by atoms with Crippen molar-refractivity contribution in [2.75, 3.05) is 18.4 Å². The molecule has 5 rings (SSSR count). The third kappa shape index (κ3) is 3.97. The average Bonchev–Trinajstić information content (AvgIpc) is 3.40. The van der Waals surface area contributed by atoms with Crippen molar-refractivity contribution >= 4 is 33.2 Å². The highest BCUT2D eigenvalue weighted by atomic mass is 32.1. The van der Waals surface area contributed by atoms with Crippen molar-refractivity contribution in [2.45, 2.75) is 26.3 Å². The number of hydrogen-bond acceptors (Lipinski definition) is 7. The van der Waals surface area contributed by atoms with Crippen LogP contribution in [-0.4, -0.2) is 37.9 Å². The first-order valence-electron chi connectivity index (χ1n) is 9.87. The van der Waals surface area contributed by atoms with Gasteiger partial charge in [0.25, 0.3) is 0 Å². The zero-order valence-corrected chi connectivity index (χ0v) is 17.1. The number of anilines is 2. The molecule has 1 aliphatic rings. The maximum absolute atomic E-state index is 4.85. The lowest BCUT2D eigenvalue weighted by Gasteiger charge is -2.16. The van der Waals surface area contributed by atoms with Crippen LogP contribution in [0.3, 0.4) is 0 Å². The quantitative estimate of drug-likeness (QED) is 0.517. The number of aryl methyl sites for hydroxylation is 1. The zero-order chi connectivity index (χ0) is 19.6. The zero-order valence-electron chi connectivity index (χ0n) is 16.3. The highest BCUT2D eigenvalue weighted by Gasteiger charge is 2.14. The van der Waals surface area contributed by atoms with Gasteiger partial charge < -0.3 is 5.32 Å². The van der Waals surface area contributed by atoms with Crippen LogP contribution in [0.4, 0.5) is 11.6 Å². The van der Waals surface area contributed by atoms with Crippen LogP contribution in [0.5, 0.6) is 0 Å². The molecule has 0 amide bonds. The van der Waals surface area contributed by atoms with E-state index in [0.717, 1.165) is 44.7 Å². The molecule has 29 heavy (non-hydrogen) atoms. The average molecular weight is 403 g/mol. The van der Waals surface area contributed by atoms with Gasteiger partial charge >= 0.3 is 0 Å².